The summed E-state index contributed by atoms with van der Waals surface area (Å²) >= 11 is 0.911. The van der Waals surface area contributed by atoms with Gasteiger partial charge in [-0.3, -0.25) is 9.59 Å². The van der Waals surface area contributed by atoms with E-state index in [1.807, 2.05) is 0 Å². The summed E-state index contributed by atoms with van der Waals surface area (Å²) in [5, 5.41) is 5.38. The van der Waals surface area contributed by atoms with Crippen LogP contribution in [0.25, 0.3) is 0 Å². The molecule has 1 unspecified atom stereocenters. The number of esters is 1. The molecular formula is C21H24F3N3O4S. The molecule has 4 N–H and O–H groups in total. The Morgan fingerprint density at radius 2 is 1.81 bits per heavy atom. The molecule has 0 aliphatic heterocycles. The molecule has 0 fully saturated rings. The summed E-state index contributed by atoms with van der Waals surface area (Å²) in [6, 6.07) is 4.34. The number of carbonyl (C=O) groups excluding carboxylic acids is 3. The van der Waals surface area contributed by atoms with Crippen LogP contribution < -0.4 is 16.4 Å². The van der Waals surface area contributed by atoms with Crippen LogP contribution in [-0.2, 0) is 15.7 Å². The topological polar surface area (TPSA) is 111 Å². The molecular weight excluding hydrogens is 447 g/mol. The average Bonchev–Trinajstić information content (AvgIpc) is 3.07. The molecule has 0 spiro atoms. The summed E-state index contributed by atoms with van der Waals surface area (Å²) in [4.78, 5) is 37.9. The number of rotatable bonds is 8. The van der Waals surface area contributed by atoms with Crippen molar-refractivity contribution in [2.45, 2.75) is 32.4 Å². The number of carbonyl (C=O) groups is 3. The molecule has 0 saturated heterocycles. The average molecular weight is 472 g/mol. The van der Waals surface area contributed by atoms with Crippen LogP contribution in [0.15, 0.2) is 24.3 Å². The third-order valence-corrected chi connectivity index (χ3v) is 5.98. The lowest BCUT2D eigenvalue weighted by Gasteiger charge is -2.16. The van der Waals surface area contributed by atoms with Gasteiger partial charge in [-0.25, -0.2) is 4.79 Å². The first-order valence-electron chi connectivity index (χ1n) is 9.73. The first-order valence-corrected chi connectivity index (χ1v) is 10.5. The number of thiophene rings is 1. The van der Waals surface area contributed by atoms with Crippen LogP contribution in [-0.4, -0.2) is 38.0 Å². The van der Waals surface area contributed by atoms with Gasteiger partial charge in [0.15, 0.2) is 0 Å². The summed E-state index contributed by atoms with van der Waals surface area (Å²) in [6.07, 6.45) is -4.17. The van der Waals surface area contributed by atoms with Crippen LogP contribution in [0.5, 0.6) is 0 Å². The molecule has 2 amide bonds. The summed E-state index contributed by atoms with van der Waals surface area (Å²) in [5.41, 5.74) is 5.37. The molecule has 32 heavy (non-hydrogen) atoms. The van der Waals surface area contributed by atoms with Gasteiger partial charge in [-0.05, 0) is 36.6 Å². The Morgan fingerprint density at radius 1 is 1.19 bits per heavy atom. The van der Waals surface area contributed by atoms with Crippen LogP contribution >= 0.6 is 11.3 Å². The van der Waals surface area contributed by atoms with E-state index in [9.17, 15) is 27.6 Å². The van der Waals surface area contributed by atoms with Crippen LogP contribution in [0.3, 0.4) is 0 Å². The number of amides is 2. The number of methoxy groups -OCH3 is 1. The molecule has 7 nitrogen and oxygen atoms in total. The van der Waals surface area contributed by atoms with Crippen LogP contribution in [0.4, 0.5) is 18.2 Å². The van der Waals surface area contributed by atoms with Crippen molar-refractivity contribution in [3.8, 4) is 0 Å². The van der Waals surface area contributed by atoms with Gasteiger partial charge < -0.3 is 21.1 Å². The highest BCUT2D eigenvalue weighted by molar-refractivity contribution is 7.18. The lowest BCUT2D eigenvalue weighted by molar-refractivity contribution is -0.137. The van der Waals surface area contributed by atoms with E-state index in [4.69, 9.17) is 10.5 Å². The van der Waals surface area contributed by atoms with Crippen molar-refractivity contribution in [1.29, 1.82) is 0 Å². The van der Waals surface area contributed by atoms with Gasteiger partial charge in [-0.15, -0.1) is 11.3 Å². The molecule has 2 aromatic rings. The first-order chi connectivity index (χ1) is 15.0. The number of halogens is 3. The fraction of sp³-hybridized carbons (Fsp3) is 0.381. The highest BCUT2D eigenvalue weighted by Gasteiger charge is 2.31. The van der Waals surface area contributed by atoms with Gasteiger partial charge in [-0.2, -0.15) is 13.2 Å². The zero-order chi connectivity index (χ0) is 24.1. The molecule has 0 saturated carbocycles. The Labute approximate surface area is 187 Å². The fourth-order valence-electron chi connectivity index (χ4n) is 3.11. The summed E-state index contributed by atoms with van der Waals surface area (Å²) in [7, 11) is 1.18. The van der Waals surface area contributed by atoms with E-state index in [1.54, 1.807) is 13.8 Å². The third kappa shape index (κ3) is 5.65. The number of hydrogen-bond donors (Lipinski definition) is 3. The summed E-state index contributed by atoms with van der Waals surface area (Å²) < 4.78 is 43.3. The van der Waals surface area contributed by atoms with Gasteiger partial charge in [0.05, 0.1) is 29.0 Å². The minimum absolute atomic E-state index is 0.0472. The van der Waals surface area contributed by atoms with E-state index >= 15 is 0 Å². The zero-order valence-electron chi connectivity index (χ0n) is 17.8. The number of nitrogens with one attached hydrogen (secondary N) is 2. The second-order valence-electron chi connectivity index (χ2n) is 6.87. The molecule has 174 valence electrons. The van der Waals surface area contributed by atoms with Crippen LogP contribution in [0.1, 0.15) is 56.0 Å². The molecule has 1 atom stereocenters. The molecule has 0 bridgehead atoms. The minimum Gasteiger partial charge on any atom is -0.465 e. The third-order valence-electron chi connectivity index (χ3n) is 4.77. The van der Waals surface area contributed by atoms with E-state index in [-0.39, 0.29) is 28.5 Å². The highest BCUT2D eigenvalue weighted by atomic mass is 32.1. The van der Waals surface area contributed by atoms with E-state index in [0.29, 0.717) is 17.5 Å². The summed E-state index contributed by atoms with van der Waals surface area (Å²) in [6.45, 7) is 3.74. The van der Waals surface area contributed by atoms with E-state index < -0.39 is 35.4 Å². The SMILES string of the molecule is CCC(C(=O)Nc1sc(C(=O)NCCN)c(C)c1C(=O)OC)c1ccc(C(F)(F)F)cc1. The molecule has 1 aromatic heterocycles. The lowest BCUT2D eigenvalue weighted by atomic mass is 9.94. The maximum atomic E-state index is 13.0. The largest absolute Gasteiger partial charge is 0.465 e. The monoisotopic (exact) mass is 471 g/mol. The Hall–Kier alpha value is -2.92. The number of anilines is 1. The van der Waals surface area contributed by atoms with Crippen molar-refractivity contribution < 1.29 is 32.3 Å². The summed E-state index contributed by atoms with van der Waals surface area (Å²) in [5.74, 6) is -2.46. The van der Waals surface area contributed by atoms with Gasteiger partial charge in [0, 0.05) is 13.1 Å². The molecule has 1 aromatic carbocycles. The Morgan fingerprint density at radius 3 is 2.31 bits per heavy atom. The van der Waals surface area contributed by atoms with Crippen molar-refractivity contribution in [3.63, 3.8) is 0 Å². The highest BCUT2D eigenvalue weighted by Crippen LogP contribution is 2.35. The molecule has 1 heterocycles. The van der Waals surface area contributed by atoms with Gasteiger partial charge in [0.25, 0.3) is 5.91 Å². The van der Waals surface area contributed by atoms with Crippen LogP contribution in [0.2, 0.25) is 0 Å². The van der Waals surface area contributed by atoms with Gasteiger partial charge in [0.2, 0.25) is 5.91 Å². The second-order valence-corrected chi connectivity index (χ2v) is 7.89. The van der Waals surface area contributed by atoms with E-state index in [0.717, 1.165) is 23.5 Å². The Balaban J connectivity index is 2.35. The first kappa shape index (κ1) is 25.3. The van der Waals surface area contributed by atoms with Crippen molar-refractivity contribution >= 4 is 34.1 Å². The van der Waals surface area contributed by atoms with E-state index in [1.165, 1.54) is 19.2 Å². The van der Waals surface area contributed by atoms with Crippen molar-refractivity contribution in [2.24, 2.45) is 5.73 Å². The van der Waals surface area contributed by atoms with E-state index in [2.05, 4.69) is 10.6 Å². The lowest BCUT2D eigenvalue weighted by Crippen LogP contribution is -2.28. The van der Waals surface area contributed by atoms with Crippen LogP contribution in [0, 0.1) is 6.92 Å². The smallest absolute Gasteiger partial charge is 0.416 e. The fourth-order valence-corrected chi connectivity index (χ4v) is 4.22. The van der Waals surface area contributed by atoms with Crippen molar-refractivity contribution in [2.75, 3.05) is 25.5 Å². The van der Waals surface area contributed by atoms with Gasteiger partial charge in [-0.1, -0.05) is 19.1 Å². The predicted octanol–water partition coefficient (Wildman–Crippen LogP) is 3.68. The zero-order valence-corrected chi connectivity index (χ0v) is 18.6. The molecule has 0 aliphatic rings. The normalized spacial score (nSPS) is 12.2. The standard InChI is InChI=1S/C21H24F3N3O4S/c1-4-14(12-5-7-13(8-6-12)21(22,23)24)17(28)27-19-15(20(30)31-3)11(2)16(32-19)18(29)26-10-9-25/h5-8,14H,4,9-10,25H2,1-3H3,(H,26,29)(H,27,28). The predicted molar refractivity (Wildman–Crippen MR) is 115 cm³/mol. The van der Waals surface area contributed by atoms with Crippen molar-refractivity contribution in [1.82, 2.24) is 5.32 Å². The number of alkyl halides is 3. The molecule has 2 rings (SSSR count). The Kier molecular flexibility index (Phi) is 8.39. The number of ether oxygens (including phenoxy) is 1. The van der Waals surface area contributed by atoms with Gasteiger partial charge >= 0.3 is 12.1 Å². The maximum Gasteiger partial charge on any atom is 0.416 e. The minimum atomic E-state index is -4.48. The quantitative estimate of drug-likeness (QED) is 0.509. The number of hydrogen-bond acceptors (Lipinski definition) is 6. The second kappa shape index (κ2) is 10.6. The number of benzene rings is 1. The molecule has 0 radical (unpaired) electrons. The number of nitrogens with two attached hydrogens (primary N) is 1. The molecule has 11 heteroatoms. The molecule has 0 aliphatic carbocycles. The maximum absolute atomic E-state index is 13.0. The van der Waals surface area contributed by atoms with Gasteiger partial charge in [0.1, 0.15) is 5.00 Å². The van der Waals surface area contributed by atoms with Crippen molar-refractivity contribution in [3.05, 3.63) is 51.4 Å². The Bertz CT molecular complexity index is 987.